The van der Waals surface area contributed by atoms with Crippen LogP contribution in [0.15, 0.2) is 18.3 Å². The van der Waals surface area contributed by atoms with Gasteiger partial charge in [0.25, 0.3) is 0 Å². The number of nitrogens with two attached hydrogens (primary N) is 1. The van der Waals surface area contributed by atoms with Crippen molar-refractivity contribution >= 4 is 17.8 Å². The molecule has 2 aromatic rings. The van der Waals surface area contributed by atoms with Crippen LogP contribution in [0.25, 0.3) is 0 Å². The number of primary amides is 1. The molecular weight excluding hydrogens is 344 g/mol. The Morgan fingerprint density at radius 2 is 1.96 bits per heavy atom. The fraction of sp³-hybridized carbons (Fsp3) is 0.400. The quantitative estimate of drug-likeness (QED) is 0.779. The number of amides is 2. The molecular formula is C20H26N4O3. The van der Waals surface area contributed by atoms with Crippen molar-refractivity contribution < 1.29 is 14.3 Å². The van der Waals surface area contributed by atoms with Crippen LogP contribution in [0, 0.1) is 6.92 Å². The van der Waals surface area contributed by atoms with Crippen LogP contribution in [-0.4, -0.2) is 28.9 Å². The number of anilines is 1. The van der Waals surface area contributed by atoms with E-state index in [-0.39, 0.29) is 18.3 Å². The number of benzene rings is 1. The number of hydrogen-bond donors (Lipinski definition) is 2. The maximum absolute atomic E-state index is 11.5. The van der Waals surface area contributed by atoms with E-state index in [1.54, 1.807) is 13.3 Å². The molecule has 0 aliphatic carbocycles. The molecule has 3 N–H and O–H groups in total. The lowest BCUT2D eigenvalue weighted by Crippen LogP contribution is -2.18. The monoisotopic (exact) mass is 370 g/mol. The summed E-state index contributed by atoms with van der Waals surface area (Å²) in [6.45, 7) is 7.61. The Labute approximate surface area is 159 Å². The van der Waals surface area contributed by atoms with Gasteiger partial charge < -0.3 is 10.5 Å². The van der Waals surface area contributed by atoms with Crippen LogP contribution in [-0.2, 0) is 22.4 Å². The molecule has 0 bridgehead atoms. The third-order valence-corrected chi connectivity index (χ3v) is 4.24. The van der Waals surface area contributed by atoms with E-state index in [1.807, 2.05) is 6.92 Å². The van der Waals surface area contributed by atoms with Gasteiger partial charge in [-0.25, -0.2) is 9.97 Å². The number of nitrogens with one attached hydrogen (secondary N) is 1. The topological polar surface area (TPSA) is 107 Å². The third kappa shape index (κ3) is 5.26. The van der Waals surface area contributed by atoms with E-state index >= 15 is 0 Å². The van der Waals surface area contributed by atoms with Crippen LogP contribution in [0.1, 0.15) is 54.6 Å². The van der Waals surface area contributed by atoms with Crippen molar-refractivity contribution in [2.45, 2.75) is 46.5 Å². The van der Waals surface area contributed by atoms with Gasteiger partial charge in [-0.1, -0.05) is 19.9 Å². The van der Waals surface area contributed by atoms with Crippen molar-refractivity contribution in [3.05, 3.63) is 46.3 Å². The second kappa shape index (κ2) is 8.62. The molecule has 2 amide bonds. The summed E-state index contributed by atoms with van der Waals surface area (Å²) in [5.74, 6) is 0.544. The number of ether oxygens (including phenoxy) is 1. The minimum absolute atomic E-state index is 0.0173. The van der Waals surface area contributed by atoms with E-state index in [0.29, 0.717) is 18.0 Å². The van der Waals surface area contributed by atoms with Crippen LogP contribution >= 0.6 is 0 Å². The zero-order valence-corrected chi connectivity index (χ0v) is 16.4. The van der Waals surface area contributed by atoms with Crippen molar-refractivity contribution in [2.75, 3.05) is 12.4 Å². The van der Waals surface area contributed by atoms with E-state index < -0.39 is 5.91 Å². The molecule has 0 spiro atoms. The lowest BCUT2D eigenvalue weighted by molar-refractivity contribution is -0.117. The van der Waals surface area contributed by atoms with E-state index in [4.69, 9.17) is 10.5 Å². The van der Waals surface area contributed by atoms with Gasteiger partial charge in [-0.2, -0.15) is 0 Å². The average Bonchev–Trinajstić information content (AvgIpc) is 2.56. The molecule has 27 heavy (non-hydrogen) atoms. The molecule has 2 rings (SSSR count). The lowest BCUT2D eigenvalue weighted by atomic mass is 9.90. The molecule has 7 nitrogen and oxygen atoms in total. The van der Waals surface area contributed by atoms with Gasteiger partial charge in [0.15, 0.2) is 0 Å². The summed E-state index contributed by atoms with van der Waals surface area (Å²) >= 11 is 0. The first-order valence-electron chi connectivity index (χ1n) is 8.79. The van der Waals surface area contributed by atoms with Crippen LogP contribution in [0.3, 0.4) is 0 Å². The molecule has 0 atom stereocenters. The normalized spacial score (nSPS) is 10.7. The molecule has 0 aliphatic heterocycles. The van der Waals surface area contributed by atoms with E-state index in [0.717, 1.165) is 28.0 Å². The first-order valence-corrected chi connectivity index (χ1v) is 8.79. The predicted octanol–water partition coefficient (Wildman–Crippen LogP) is 2.49. The largest absolute Gasteiger partial charge is 0.496 e. The third-order valence-electron chi connectivity index (χ3n) is 4.24. The highest BCUT2D eigenvalue weighted by Gasteiger charge is 2.16. The molecule has 0 saturated carbocycles. The van der Waals surface area contributed by atoms with Gasteiger partial charge in [-0.15, -0.1) is 0 Å². The van der Waals surface area contributed by atoms with Crippen molar-refractivity contribution in [3.63, 3.8) is 0 Å². The zero-order valence-electron chi connectivity index (χ0n) is 16.4. The van der Waals surface area contributed by atoms with E-state index in [1.165, 1.54) is 6.92 Å². The summed E-state index contributed by atoms with van der Waals surface area (Å²) in [6, 6.07) is 4.14. The lowest BCUT2D eigenvalue weighted by Gasteiger charge is -2.18. The molecule has 144 valence electrons. The summed E-state index contributed by atoms with van der Waals surface area (Å²) in [6.07, 6.45) is 2.18. The number of methoxy groups -OCH3 is 1. The molecule has 0 saturated heterocycles. The molecule has 1 heterocycles. The van der Waals surface area contributed by atoms with Gasteiger partial charge in [-0.3, -0.25) is 14.9 Å². The van der Waals surface area contributed by atoms with Crippen molar-refractivity contribution in [1.29, 1.82) is 0 Å². The highest BCUT2D eigenvalue weighted by atomic mass is 16.5. The second-order valence-electron chi connectivity index (χ2n) is 6.84. The molecule has 0 unspecified atom stereocenters. The maximum Gasteiger partial charge on any atom is 0.229 e. The Bertz CT molecular complexity index is 863. The van der Waals surface area contributed by atoms with Crippen molar-refractivity contribution in [2.24, 2.45) is 5.73 Å². The van der Waals surface area contributed by atoms with Crippen LogP contribution < -0.4 is 15.8 Å². The predicted molar refractivity (Wildman–Crippen MR) is 104 cm³/mol. The SMILES string of the molecule is COc1cc(C(C)C)c(Cc2cnc(NC(C)=O)nc2CC(N)=O)cc1C. The zero-order chi connectivity index (χ0) is 20.1. The number of carbonyl (C=O) groups excluding carboxylic acids is 2. The Hall–Kier alpha value is -2.96. The Kier molecular flexibility index (Phi) is 6.50. The van der Waals surface area contributed by atoms with Crippen molar-refractivity contribution in [1.82, 2.24) is 9.97 Å². The first kappa shape index (κ1) is 20.4. The second-order valence-corrected chi connectivity index (χ2v) is 6.84. The van der Waals surface area contributed by atoms with Gasteiger partial charge in [0.05, 0.1) is 19.2 Å². The van der Waals surface area contributed by atoms with Gasteiger partial charge in [0.2, 0.25) is 17.8 Å². The van der Waals surface area contributed by atoms with Crippen molar-refractivity contribution in [3.8, 4) is 5.75 Å². The fourth-order valence-electron chi connectivity index (χ4n) is 3.00. The fourth-order valence-corrected chi connectivity index (χ4v) is 3.00. The summed E-state index contributed by atoms with van der Waals surface area (Å²) < 4.78 is 5.44. The molecule has 1 aromatic carbocycles. The van der Waals surface area contributed by atoms with Gasteiger partial charge in [-0.05, 0) is 41.2 Å². The Morgan fingerprint density at radius 1 is 1.26 bits per heavy atom. The number of hydrogen-bond acceptors (Lipinski definition) is 5. The van der Waals surface area contributed by atoms with Crippen LogP contribution in [0.2, 0.25) is 0 Å². The molecule has 7 heteroatoms. The smallest absolute Gasteiger partial charge is 0.229 e. The first-order chi connectivity index (χ1) is 12.7. The molecule has 0 fully saturated rings. The van der Waals surface area contributed by atoms with E-state index in [2.05, 4.69) is 41.3 Å². The molecule has 1 aromatic heterocycles. The highest BCUT2D eigenvalue weighted by molar-refractivity contribution is 5.86. The number of rotatable bonds is 7. The average molecular weight is 370 g/mol. The summed E-state index contributed by atoms with van der Waals surface area (Å²) in [5.41, 5.74) is 10.0. The minimum atomic E-state index is -0.487. The number of carbonyl (C=O) groups is 2. The minimum Gasteiger partial charge on any atom is -0.496 e. The van der Waals surface area contributed by atoms with Crippen LogP contribution in [0.5, 0.6) is 5.75 Å². The Morgan fingerprint density at radius 3 is 2.52 bits per heavy atom. The molecule has 0 radical (unpaired) electrons. The molecule has 0 aliphatic rings. The standard InChI is InChI=1S/C20H26N4O3/c1-11(2)16-8-18(27-5)12(3)6-14(16)7-15-10-22-20(23-13(4)25)24-17(15)9-19(21)26/h6,8,10-11H,7,9H2,1-5H3,(H2,21,26)(H,22,23,24,25). The summed E-state index contributed by atoms with van der Waals surface area (Å²) in [4.78, 5) is 31.2. The maximum atomic E-state index is 11.5. The van der Waals surface area contributed by atoms with Gasteiger partial charge in [0.1, 0.15) is 5.75 Å². The number of nitrogens with zero attached hydrogens (tertiary/aromatic N) is 2. The van der Waals surface area contributed by atoms with Gasteiger partial charge in [0, 0.05) is 19.5 Å². The summed E-state index contributed by atoms with van der Waals surface area (Å²) in [5, 5.41) is 2.53. The Balaban J connectivity index is 2.48. The summed E-state index contributed by atoms with van der Waals surface area (Å²) in [7, 11) is 1.66. The van der Waals surface area contributed by atoms with Gasteiger partial charge >= 0.3 is 0 Å². The number of aryl methyl sites for hydroxylation is 1. The van der Waals surface area contributed by atoms with Crippen LogP contribution in [0.4, 0.5) is 5.95 Å². The number of aromatic nitrogens is 2. The van der Waals surface area contributed by atoms with E-state index in [9.17, 15) is 9.59 Å². The highest BCUT2D eigenvalue weighted by Crippen LogP contribution is 2.30.